The van der Waals surface area contributed by atoms with Crippen LogP contribution in [0.15, 0.2) is 76.7 Å². The lowest BCUT2D eigenvalue weighted by atomic mass is 10.1. The fourth-order valence-electron chi connectivity index (χ4n) is 2.67. The van der Waals surface area contributed by atoms with Crippen LogP contribution in [0.1, 0.15) is 29.9 Å². The third kappa shape index (κ3) is 5.31. The first kappa shape index (κ1) is 18.9. The van der Waals surface area contributed by atoms with Gasteiger partial charge in [-0.3, -0.25) is 9.59 Å². The minimum atomic E-state index is -0.536. The number of nitrogens with one attached hydrogen (secondary N) is 2. The number of aromatic nitrogens is 2. The molecule has 138 valence electrons. The predicted octanol–water partition coefficient (Wildman–Crippen LogP) is 4.19. The third-order valence-electron chi connectivity index (χ3n) is 3.89. The van der Waals surface area contributed by atoms with Crippen molar-refractivity contribution in [2.24, 2.45) is 0 Å². The Kier molecular flexibility index (Phi) is 6.44. The lowest BCUT2D eigenvalue weighted by molar-refractivity contribution is -0.115. The van der Waals surface area contributed by atoms with Crippen molar-refractivity contribution in [1.82, 2.24) is 9.97 Å². The second-order valence-electron chi connectivity index (χ2n) is 6.06. The number of anilines is 1. The van der Waals surface area contributed by atoms with E-state index in [1.165, 1.54) is 17.8 Å². The van der Waals surface area contributed by atoms with Crippen molar-refractivity contribution in [3.63, 3.8) is 0 Å². The molecule has 3 rings (SSSR count). The first-order chi connectivity index (χ1) is 13.2. The number of para-hydroxylation sites is 1. The van der Waals surface area contributed by atoms with Gasteiger partial charge >= 0.3 is 0 Å². The number of nitrogens with zero attached hydrogens (tertiary/aromatic N) is 1. The van der Waals surface area contributed by atoms with Gasteiger partial charge < -0.3 is 10.3 Å². The molecule has 1 heterocycles. The molecule has 0 bridgehead atoms. The molecule has 1 aromatic heterocycles. The van der Waals surface area contributed by atoms with Crippen LogP contribution in [0.2, 0.25) is 0 Å². The van der Waals surface area contributed by atoms with Gasteiger partial charge in [0.2, 0.25) is 5.91 Å². The van der Waals surface area contributed by atoms with E-state index in [0.29, 0.717) is 5.16 Å². The van der Waals surface area contributed by atoms with E-state index in [9.17, 15) is 9.59 Å². The van der Waals surface area contributed by atoms with Crippen LogP contribution in [-0.4, -0.2) is 15.9 Å². The van der Waals surface area contributed by atoms with Crippen molar-refractivity contribution in [2.75, 3.05) is 5.32 Å². The molecule has 0 saturated carbocycles. The summed E-state index contributed by atoms with van der Waals surface area (Å²) in [7, 11) is 0. The standard InChI is InChI=1S/C21H21N3O2S/c1-2-9-17-14-18(25)24-21(23-17)27-19(15-10-5-3-6-11-15)20(26)22-16-12-7-4-8-13-16/h3-8,10-14,19H,2,9H2,1H3,(H,22,26)(H,23,24,25)/t19-/m1/s1. The molecule has 1 amide bonds. The van der Waals surface area contributed by atoms with E-state index in [1.54, 1.807) is 0 Å². The maximum Gasteiger partial charge on any atom is 0.251 e. The average Bonchev–Trinajstić information content (AvgIpc) is 2.67. The Morgan fingerprint density at radius 1 is 1.11 bits per heavy atom. The molecule has 0 aliphatic heterocycles. The summed E-state index contributed by atoms with van der Waals surface area (Å²) < 4.78 is 0. The number of benzene rings is 2. The summed E-state index contributed by atoms with van der Waals surface area (Å²) in [4.78, 5) is 32.2. The second-order valence-corrected chi connectivity index (χ2v) is 7.15. The predicted molar refractivity (Wildman–Crippen MR) is 109 cm³/mol. The highest BCUT2D eigenvalue weighted by Crippen LogP contribution is 2.34. The van der Waals surface area contributed by atoms with E-state index in [0.717, 1.165) is 29.8 Å². The third-order valence-corrected chi connectivity index (χ3v) is 5.03. The Balaban J connectivity index is 1.89. The minimum Gasteiger partial charge on any atom is -0.325 e. The zero-order valence-electron chi connectivity index (χ0n) is 15.0. The average molecular weight is 379 g/mol. The van der Waals surface area contributed by atoms with Gasteiger partial charge in [0.1, 0.15) is 5.25 Å². The largest absolute Gasteiger partial charge is 0.325 e. The number of hydrogen-bond acceptors (Lipinski definition) is 4. The van der Waals surface area contributed by atoms with Crippen molar-refractivity contribution in [1.29, 1.82) is 0 Å². The summed E-state index contributed by atoms with van der Waals surface area (Å²) in [5, 5.41) is 2.85. The zero-order valence-corrected chi connectivity index (χ0v) is 15.8. The Labute approximate surface area is 162 Å². The van der Waals surface area contributed by atoms with Gasteiger partial charge in [-0.1, -0.05) is 73.6 Å². The van der Waals surface area contributed by atoms with Gasteiger partial charge in [-0.05, 0) is 24.1 Å². The first-order valence-electron chi connectivity index (χ1n) is 8.83. The molecule has 6 heteroatoms. The maximum absolute atomic E-state index is 13.0. The highest BCUT2D eigenvalue weighted by molar-refractivity contribution is 8.00. The normalized spacial score (nSPS) is 11.7. The molecule has 2 N–H and O–H groups in total. The van der Waals surface area contributed by atoms with Gasteiger partial charge in [-0.25, -0.2) is 4.98 Å². The summed E-state index contributed by atoms with van der Waals surface area (Å²) in [6.45, 7) is 2.04. The molecule has 5 nitrogen and oxygen atoms in total. The molecule has 0 unspecified atom stereocenters. The Hall–Kier alpha value is -2.86. The van der Waals surface area contributed by atoms with Gasteiger partial charge in [0.05, 0.1) is 0 Å². The van der Waals surface area contributed by atoms with Crippen LogP contribution in [0.3, 0.4) is 0 Å². The number of rotatable bonds is 7. The molecule has 27 heavy (non-hydrogen) atoms. The summed E-state index contributed by atoms with van der Waals surface area (Å²) in [6.07, 6.45) is 1.63. The molecule has 0 saturated heterocycles. The molecular formula is C21H21N3O2S. The number of aromatic amines is 1. The van der Waals surface area contributed by atoms with Crippen LogP contribution in [-0.2, 0) is 11.2 Å². The van der Waals surface area contributed by atoms with E-state index in [2.05, 4.69) is 15.3 Å². The summed E-state index contributed by atoms with van der Waals surface area (Å²) >= 11 is 1.24. The van der Waals surface area contributed by atoms with Crippen LogP contribution < -0.4 is 10.9 Å². The maximum atomic E-state index is 13.0. The van der Waals surface area contributed by atoms with Crippen molar-refractivity contribution >= 4 is 23.4 Å². The molecule has 0 spiro atoms. The van der Waals surface area contributed by atoms with Gasteiger partial charge in [0, 0.05) is 17.4 Å². The van der Waals surface area contributed by atoms with E-state index < -0.39 is 5.25 Å². The van der Waals surface area contributed by atoms with Crippen LogP contribution in [0.4, 0.5) is 5.69 Å². The number of H-pyrrole nitrogens is 1. The van der Waals surface area contributed by atoms with Crippen molar-refractivity contribution in [2.45, 2.75) is 30.2 Å². The lowest BCUT2D eigenvalue weighted by Gasteiger charge is -2.16. The monoisotopic (exact) mass is 379 g/mol. The van der Waals surface area contributed by atoms with E-state index in [4.69, 9.17) is 0 Å². The number of carbonyl (C=O) groups is 1. The highest BCUT2D eigenvalue weighted by Gasteiger charge is 2.23. The summed E-state index contributed by atoms with van der Waals surface area (Å²) in [5.74, 6) is -0.166. The lowest BCUT2D eigenvalue weighted by Crippen LogP contribution is -2.20. The molecule has 2 aromatic carbocycles. The van der Waals surface area contributed by atoms with E-state index in [1.807, 2.05) is 67.6 Å². The molecule has 3 aromatic rings. The summed E-state index contributed by atoms with van der Waals surface area (Å²) in [6, 6.07) is 20.3. The second kappa shape index (κ2) is 9.19. The van der Waals surface area contributed by atoms with Crippen molar-refractivity contribution in [3.05, 3.63) is 88.3 Å². The van der Waals surface area contributed by atoms with Crippen LogP contribution in [0, 0.1) is 0 Å². The SMILES string of the molecule is CCCc1cc(=O)[nH]c(S[C@@H](C(=O)Nc2ccccc2)c2ccccc2)n1. The van der Waals surface area contributed by atoms with Crippen molar-refractivity contribution < 1.29 is 4.79 Å². The molecule has 0 fully saturated rings. The topological polar surface area (TPSA) is 74.8 Å². The van der Waals surface area contributed by atoms with Crippen LogP contribution in [0.25, 0.3) is 0 Å². The first-order valence-corrected chi connectivity index (χ1v) is 9.71. The number of amides is 1. The van der Waals surface area contributed by atoms with E-state index in [-0.39, 0.29) is 11.5 Å². The van der Waals surface area contributed by atoms with Gasteiger partial charge in [-0.15, -0.1) is 0 Å². The summed E-state index contributed by atoms with van der Waals surface area (Å²) in [5.41, 5.74) is 2.11. The van der Waals surface area contributed by atoms with Gasteiger partial charge in [-0.2, -0.15) is 0 Å². The Morgan fingerprint density at radius 3 is 2.44 bits per heavy atom. The number of aryl methyl sites for hydroxylation is 1. The zero-order chi connectivity index (χ0) is 19.1. The van der Waals surface area contributed by atoms with Crippen LogP contribution in [0.5, 0.6) is 0 Å². The Bertz CT molecular complexity index is 942. The minimum absolute atomic E-state index is 0.166. The Morgan fingerprint density at radius 2 is 1.78 bits per heavy atom. The molecule has 1 atom stereocenters. The number of thioether (sulfide) groups is 1. The van der Waals surface area contributed by atoms with Crippen molar-refractivity contribution in [3.8, 4) is 0 Å². The number of hydrogen-bond donors (Lipinski definition) is 2. The molecule has 0 aliphatic carbocycles. The van der Waals surface area contributed by atoms with E-state index >= 15 is 0 Å². The van der Waals surface area contributed by atoms with Gasteiger partial charge in [0.25, 0.3) is 5.56 Å². The highest BCUT2D eigenvalue weighted by atomic mass is 32.2. The molecule has 0 radical (unpaired) electrons. The fraction of sp³-hybridized carbons (Fsp3) is 0.190. The fourth-order valence-corrected chi connectivity index (χ4v) is 3.68. The quantitative estimate of drug-likeness (QED) is 0.477. The van der Waals surface area contributed by atoms with Gasteiger partial charge in [0.15, 0.2) is 5.16 Å². The number of carbonyl (C=O) groups excluding carboxylic acids is 1. The molecule has 0 aliphatic rings. The smallest absolute Gasteiger partial charge is 0.251 e. The molecular weight excluding hydrogens is 358 g/mol. The van der Waals surface area contributed by atoms with Crippen LogP contribution >= 0.6 is 11.8 Å².